The number of hydrogen-bond donors (Lipinski definition) is 0. The smallest absolute Gasteiger partial charge is 0.137 e. The number of hydrogen-bond acceptors (Lipinski definition) is 3. The highest BCUT2D eigenvalue weighted by atomic mass is 32.1. The first kappa shape index (κ1) is 27.9. The van der Waals surface area contributed by atoms with Crippen molar-refractivity contribution in [3.63, 3.8) is 0 Å². The molecule has 230 valence electrons. The van der Waals surface area contributed by atoms with E-state index in [1.807, 2.05) is 23.5 Å². The van der Waals surface area contributed by atoms with E-state index in [4.69, 9.17) is 4.42 Å². The van der Waals surface area contributed by atoms with Crippen LogP contribution in [0.5, 0.6) is 0 Å². The molecule has 0 saturated carbocycles. The highest BCUT2D eigenvalue weighted by molar-refractivity contribution is 7.26. The topological polar surface area (TPSA) is 16.4 Å². The van der Waals surface area contributed by atoms with Crippen LogP contribution in [0.15, 0.2) is 180 Å². The molecule has 0 aliphatic rings. The van der Waals surface area contributed by atoms with Crippen molar-refractivity contribution in [2.75, 3.05) is 4.90 Å². The molecule has 2 heterocycles. The molecule has 10 aromatic rings. The van der Waals surface area contributed by atoms with Crippen molar-refractivity contribution in [2.45, 2.75) is 0 Å². The number of anilines is 3. The zero-order chi connectivity index (χ0) is 32.3. The fraction of sp³-hybridized carbons (Fsp3) is 0. The summed E-state index contributed by atoms with van der Waals surface area (Å²) in [6, 6.07) is 63.2. The van der Waals surface area contributed by atoms with Crippen LogP contribution in [0, 0.1) is 0 Å². The van der Waals surface area contributed by atoms with Gasteiger partial charge in [-0.1, -0.05) is 115 Å². The number of furan rings is 1. The molecular weight excluding hydrogens is 615 g/mol. The van der Waals surface area contributed by atoms with E-state index in [1.54, 1.807) is 0 Å². The highest BCUT2D eigenvalue weighted by Gasteiger charge is 2.20. The predicted molar refractivity (Wildman–Crippen MR) is 210 cm³/mol. The van der Waals surface area contributed by atoms with Gasteiger partial charge in [-0.15, -0.1) is 11.3 Å². The lowest BCUT2D eigenvalue weighted by Crippen LogP contribution is -2.10. The Morgan fingerprint density at radius 1 is 0.408 bits per heavy atom. The fourth-order valence-corrected chi connectivity index (χ4v) is 8.53. The van der Waals surface area contributed by atoms with Gasteiger partial charge >= 0.3 is 0 Å². The van der Waals surface area contributed by atoms with Crippen molar-refractivity contribution >= 4 is 81.3 Å². The minimum atomic E-state index is 0.883. The average Bonchev–Trinajstić information content (AvgIpc) is 3.74. The number of nitrogens with zero attached hydrogens (tertiary/aromatic N) is 1. The molecule has 0 unspecified atom stereocenters. The summed E-state index contributed by atoms with van der Waals surface area (Å²) >= 11 is 1.85. The maximum atomic E-state index is 6.39. The Morgan fingerprint density at radius 3 is 1.98 bits per heavy atom. The SMILES string of the molecule is c1ccc(-c2cc(-c3ccc(N(c4ccc5c(c4)oc4ccccc45)c4cccc5c4sc4ccccc45)cc3)cc3ccccc23)cc1. The summed E-state index contributed by atoms with van der Waals surface area (Å²) in [5, 5.41) is 7.32. The zero-order valence-electron chi connectivity index (χ0n) is 26.5. The molecule has 0 spiro atoms. The first-order valence-electron chi connectivity index (χ1n) is 16.6. The van der Waals surface area contributed by atoms with Crippen molar-refractivity contribution in [1.29, 1.82) is 0 Å². The highest BCUT2D eigenvalue weighted by Crippen LogP contribution is 2.46. The molecule has 0 bridgehead atoms. The first-order valence-corrected chi connectivity index (χ1v) is 17.4. The quantitative estimate of drug-likeness (QED) is 0.186. The Labute approximate surface area is 287 Å². The molecule has 0 fully saturated rings. The number of rotatable bonds is 5. The molecule has 3 heteroatoms. The van der Waals surface area contributed by atoms with Crippen LogP contribution in [0.3, 0.4) is 0 Å². The van der Waals surface area contributed by atoms with E-state index < -0.39 is 0 Å². The Kier molecular flexibility index (Phi) is 6.39. The molecule has 0 saturated heterocycles. The van der Waals surface area contributed by atoms with E-state index in [0.29, 0.717) is 0 Å². The number of fused-ring (bicyclic) bond motifs is 7. The van der Waals surface area contributed by atoms with Crippen molar-refractivity contribution in [1.82, 2.24) is 0 Å². The summed E-state index contributed by atoms with van der Waals surface area (Å²) in [5.74, 6) is 0. The molecule has 49 heavy (non-hydrogen) atoms. The van der Waals surface area contributed by atoms with Gasteiger partial charge in [0.25, 0.3) is 0 Å². The summed E-state index contributed by atoms with van der Waals surface area (Å²) in [4.78, 5) is 2.38. The normalized spacial score (nSPS) is 11.7. The Bertz CT molecular complexity index is 2830. The molecule has 10 rings (SSSR count). The van der Waals surface area contributed by atoms with Crippen molar-refractivity contribution in [2.24, 2.45) is 0 Å². The molecule has 0 amide bonds. The number of benzene rings is 8. The fourth-order valence-electron chi connectivity index (χ4n) is 7.33. The molecule has 8 aromatic carbocycles. The van der Waals surface area contributed by atoms with Crippen LogP contribution in [-0.4, -0.2) is 0 Å². The van der Waals surface area contributed by atoms with Crippen LogP contribution in [0.1, 0.15) is 0 Å². The second kappa shape index (κ2) is 11.2. The summed E-state index contributed by atoms with van der Waals surface area (Å²) in [6.45, 7) is 0. The van der Waals surface area contributed by atoms with Gasteiger partial charge < -0.3 is 9.32 Å². The number of thiophene rings is 1. The lowest BCUT2D eigenvalue weighted by Gasteiger charge is -2.26. The summed E-state index contributed by atoms with van der Waals surface area (Å²) in [7, 11) is 0. The van der Waals surface area contributed by atoms with Crippen LogP contribution >= 0.6 is 11.3 Å². The van der Waals surface area contributed by atoms with Crippen LogP contribution in [-0.2, 0) is 0 Å². The van der Waals surface area contributed by atoms with Gasteiger partial charge in [0, 0.05) is 43.7 Å². The van der Waals surface area contributed by atoms with E-state index in [2.05, 4.69) is 169 Å². The second-order valence-electron chi connectivity index (χ2n) is 12.5. The lowest BCUT2D eigenvalue weighted by atomic mass is 9.93. The average molecular weight is 644 g/mol. The van der Waals surface area contributed by atoms with Crippen LogP contribution in [0.2, 0.25) is 0 Å². The molecule has 0 aliphatic heterocycles. The third kappa shape index (κ3) is 4.62. The summed E-state index contributed by atoms with van der Waals surface area (Å²) < 4.78 is 8.94. The van der Waals surface area contributed by atoms with Crippen molar-refractivity contribution in [3.8, 4) is 22.3 Å². The van der Waals surface area contributed by atoms with Crippen LogP contribution < -0.4 is 4.90 Å². The minimum absolute atomic E-state index is 0.883. The van der Waals surface area contributed by atoms with E-state index in [0.717, 1.165) is 39.0 Å². The Hall–Kier alpha value is -6.16. The van der Waals surface area contributed by atoms with Gasteiger partial charge in [0.2, 0.25) is 0 Å². The third-order valence-corrected chi connectivity index (χ3v) is 10.9. The van der Waals surface area contributed by atoms with Crippen molar-refractivity contribution < 1.29 is 4.42 Å². The largest absolute Gasteiger partial charge is 0.456 e. The van der Waals surface area contributed by atoms with Gasteiger partial charge in [-0.25, -0.2) is 0 Å². The standard InChI is InChI=1S/C46H29NOS/c1-2-11-31(12-3-1)41-28-33(27-32-13-4-5-14-36(32)41)30-21-23-34(24-22-30)47(35-25-26-38-37-15-6-8-19-43(37)48-44(38)29-35)42-18-10-17-40-39-16-7-9-20-45(39)49-46(40)42/h1-29H. The molecular formula is C46H29NOS. The first-order chi connectivity index (χ1) is 24.3. The van der Waals surface area contributed by atoms with Gasteiger partial charge in [0.05, 0.1) is 10.4 Å². The van der Waals surface area contributed by atoms with Crippen LogP contribution in [0.25, 0.3) is 75.1 Å². The molecule has 2 nitrogen and oxygen atoms in total. The zero-order valence-corrected chi connectivity index (χ0v) is 27.3. The molecule has 2 aromatic heterocycles. The predicted octanol–water partition coefficient (Wildman–Crippen LogP) is 13.9. The molecule has 0 radical (unpaired) electrons. The maximum absolute atomic E-state index is 6.39. The number of para-hydroxylation sites is 1. The van der Waals surface area contributed by atoms with Crippen LogP contribution in [0.4, 0.5) is 17.1 Å². The Morgan fingerprint density at radius 2 is 1.10 bits per heavy atom. The third-order valence-electron chi connectivity index (χ3n) is 9.65. The van der Waals surface area contributed by atoms with E-state index in [9.17, 15) is 0 Å². The van der Waals surface area contributed by atoms with Gasteiger partial charge in [-0.2, -0.15) is 0 Å². The van der Waals surface area contributed by atoms with E-state index in [-0.39, 0.29) is 0 Å². The van der Waals surface area contributed by atoms with Gasteiger partial charge in [-0.05, 0) is 87.6 Å². The molecule has 0 atom stereocenters. The monoisotopic (exact) mass is 643 g/mol. The maximum Gasteiger partial charge on any atom is 0.137 e. The van der Waals surface area contributed by atoms with E-state index in [1.165, 1.54) is 53.2 Å². The summed E-state index contributed by atoms with van der Waals surface area (Å²) in [6.07, 6.45) is 0. The molecule has 0 aliphatic carbocycles. The van der Waals surface area contributed by atoms with Gasteiger partial charge in [-0.3, -0.25) is 0 Å². The Balaban J connectivity index is 1.15. The van der Waals surface area contributed by atoms with Gasteiger partial charge in [0.15, 0.2) is 0 Å². The minimum Gasteiger partial charge on any atom is -0.456 e. The molecule has 0 N–H and O–H groups in total. The second-order valence-corrected chi connectivity index (χ2v) is 13.6. The van der Waals surface area contributed by atoms with E-state index >= 15 is 0 Å². The van der Waals surface area contributed by atoms with Crippen molar-refractivity contribution in [3.05, 3.63) is 176 Å². The van der Waals surface area contributed by atoms with Gasteiger partial charge in [0.1, 0.15) is 11.2 Å². The summed E-state index contributed by atoms with van der Waals surface area (Å²) in [5.41, 5.74) is 9.94. The lowest BCUT2D eigenvalue weighted by molar-refractivity contribution is 0.669.